The number of ketones is 1. The Morgan fingerprint density at radius 2 is 2.43 bits per heavy atom. The molecule has 2 heterocycles. The van der Waals surface area contributed by atoms with Crippen LogP contribution in [0.15, 0.2) is 12.5 Å². The molecule has 0 amide bonds. The second-order valence-corrected chi connectivity index (χ2v) is 4.08. The molecule has 1 aliphatic heterocycles. The molecule has 14 heavy (non-hydrogen) atoms. The van der Waals surface area contributed by atoms with Crippen LogP contribution in [-0.4, -0.2) is 28.4 Å². The van der Waals surface area contributed by atoms with Gasteiger partial charge in [-0.25, -0.2) is 4.98 Å². The van der Waals surface area contributed by atoms with E-state index in [0.717, 1.165) is 19.6 Å². The number of Topliss-reactive ketones (excluding diaryl/α,β-unsaturated/α-hetero) is 1. The molecule has 1 saturated heterocycles. The smallest absolute Gasteiger partial charge is 0.191 e. The zero-order valence-electron chi connectivity index (χ0n) is 8.58. The van der Waals surface area contributed by atoms with Gasteiger partial charge in [0.25, 0.3) is 0 Å². The predicted molar refractivity (Wildman–Crippen MR) is 53.2 cm³/mol. The van der Waals surface area contributed by atoms with Crippen LogP contribution in [-0.2, 0) is 6.54 Å². The third kappa shape index (κ3) is 1.35. The van der Waals surface area contributed by atoms with E-state index in [9.17, 15) is 4.79 Å². The molecule has 0 aliphatic carbocycles. The lowest BCUT2D eigenvalue weighted by molar-refractivity contribution is 0.0716. The zero-order valence-corrected chi connectivity index (χ0v) is 8.58. The molecular weight excluding hydrogens is 178 g/mol. The van der Waals surface area contributed by atoms with E-state index in [4.69, 9.17) is 0 Å². The lowest BCUT2D eigenvalue weighted by Crippen LogP contribution is -2.56. The van der Waals surface area contributed by atoms with E-state index in [1.807, 2.05) is 24.6 Å². The minimum absolute atomic E-state index is 0.156. The summed E-state index contributed by atoms with van der Waals surface area (Å²) in [5, 5.41) is 3.12. The molecule has 1 aliphatic rings. The summed E-state index contributed by atoms with van der Waals surface area (Å²) in [7, 11) is 0. The molecule has 0 atom stereocenters. The van der Waals surface area contributed by atoms with Crippen LogP contribution in [0.1, 0.15) is 24.3 Å². The van der Waals surface area contributed by atoms with E-state index in [1.165, 1.54) is 0 Å². The van der Waals surface area contributed by atoms with E-state index in [-0.39, 0.29) is 11.2 Å². The second kappa shape index (κ2) is 3.20. The zero-order chi connectivity index (χ0) is 10.2. The fraction of sp³-hybridized carbons (Fsp3) is 0.600. The lowest BCUT2D eigenvalue weighted by Gasteiger charge is -2.37. The van der Waals surface area contributed by atoms with E-state index >= 15 is 0 Å². The maximum atomic E-state index is 12.0. The fourth-order valence-corrected chi connectivity index (χ4v) is 1.62. The van der Waals surface area contributed by atoms with Crippen molar-refractivity contribution in [2.75, 3.05) is 13.1 Å². The highest BCUT2D eigenvalue weighted by Gasteiger charge is 2.40. The number of rotatable bonds is 3. The van der Waals surface area contributed by atoms with E-state index in [2.05, 4.69) is 10.3 Å². The number of imidazole rings is 1. The third-order valence-corrected chi connectivity index (χ3v) is 2.81. The Balaban J connectivity index is 2.18. The molecular formula is C10H15N3O. The van der Waals surface area contributed by atoms with Crippen LogP contribution < -0.4 is 5.32 Å². The van der Waals surface area contributed by atoms with Crippen molar-refractivity contribution in [1.82, 2.24) is 14.9 Å². The van der Waals surface area contributed by atoms with Crippen LogP contribution in [0.3, 0.4) is 0 Å². The monoisotopic (exact) mass is 193 g/mol. The van der Waals surface area contributed by atoms with Gasteiger partial charge in [-0.15, -0.1) is 0 Å². The Morgan fingerprint density at radius 1 is 1.71 bits per heavy atom. The Morgan fingerprint density at radius 3 is 2.86 bits per heavy atom. The Hall–Kier alpha value is -1.16. The van der Waals surface area contributed by atoms with Crippen molar-refractivity contribution >= 4 is 5.78 Å². The summed E-state index contributed by atoms with van der Waals surface area (Å²) in [6, 6.07) is 0. The fourth-order valence-electron chi connectivity index (χ4n) is 1.62. The molecule has 4 heteroatoms. The lowest BCUT2D eigenvalue weighted by atomic mass is 9.79. The van der Waals surface area contributed by atoms with Crippen molar-refractivity contribution in [3.63, 3.8) is 0 Å². The van der Waals surface area contributed by atoms with Gasteiger partial charge >= 0.3 is 0 Å². The van der Waals surface area contributed by atoms with Gasteiger partial charge < -0.3 is 9.88 Å². The van der Waals surface area contributed by atoms with Gasteiger partial charge in [-0.05, 0) is 13.8 Å². The van der Waals surface area contributed by atoms with Crippen molar-refractivity contribution in [3.05, 3.63) is 18.2 Å². The minimum Gasteiger partial charge on any atom is -0.337 e. The molecule has 0 radical (unpaired) electrons. The number of hydrogen-bond acceptors (Lipinski definition) is 3. The van der Waals surface area contributed by atoms with Crippen LogP contribution >= 0.6 is 0 Å². The van der Waals surface area contributed by atoms with Gasteiger partial charge in [-0.3, -0.25) is 4.79 Å². The van der Waals surface area contributed by atoms with E-state index in [1.54, 1.807) is 6.33 Å². The maximum Gasteiger partial charge on any atom is 0.191 e. The molecule has 1 N–H and O–H groups in total. The highest BCUT2D eigenvalue weighted by molar-refractivity contribution is 5.99. The van der Waals surface area contributed by atoms with Gasteiger partial charge in [-0.1, -0.05) is 0 Å². The molecule has 0 unspecified atom stereocenters. The number of aryl methyl sites for hydroxylation is 1. The van der Waals surface area contributed by atoms with Crippen molar-refractivity contribution < 1.29 is 4.79 Å². The molecule has 0 aromatic carbocycles. The summed E-state index contributed by atoms with van der Waals surface area (Å²) >= 11 is 0. The molecule has 0 saturated carbocycles. The van der Waals surface area contributed by atoms with Gasteiger partial charge in [0.15, 0.2) is 5.78 Å². The van der Waals surface area contributed by atoms with Gasteiger partial charge in [0.1, 0.15) is 5.69 Å². The molecule has 0 spiro atoms. The molecule has 2 rings (SSSR count). The number of nitrogens with one attached hydrogen (secondary N) is 1. The van der Waals surface area contributed by atoms with Gasteiger partial charge in [0.2, 0.25) is 0 Å². The number of carbonyl (C=O) groups is 1. The van der Waals surface area contributed by atoms with Crippen molar-refractivity contribution in [2.45, 2.75) is 20.4 Å². The Bertz CT molecular complexity index is 352. The quantitative estimate of drug-likeness (QED) is 0.719. The molecule has 0 bridgehead atoms. The van der Waals surface area contributed by atoms with Crippen LogP contribution in [0.25, 0.3) is 0 Å². The van der Waals surface area contributed by atoms with E-state index < -0.39 is 0 Å². The van der Waals surface area contributed by atoms with Crippen LogP contribution in [0.5, 0.6) is 0 Å². The molecule has 4 nitrogen and oxygen atoms in total. The number of carbonyl (C=O) groups excluding carboxylic acids is 1. The summed E-state index contributed by atoms with van der Waals surface area (Å²) in [4.78, 5) is 16.1. The Labute approximate surface area is 83.3 Å². The summed E-state index contributed by atoms with van der Waals surface area (Å²) < 4.78 is 1.92. The first-order valence-corrected chi connectivity index (χ1v) is 4.93. The predicted octanol–water partition coefficient (Wildman–Crippen LogP) is 0.695. The number of aromatic nitrogens is 2. The minimum atomic E-state index is -0.229. The van der Waals surface area contributed by atoms with Crippen LogP contribution in [0, 0.1) is 5.41 Å². The SMILES string of the molecule is CCn1cnc(C(=O)C2(C)CNC2)c1. The molecule has 76 valence electrons. The molecule has 1 aromatic rings. The second-order valence-electron chi connectivity index (χ2n) is 4.08. The first kappa shape index (κ1) is 9.40. The summed E-state index contributed by atoms with van der Waals surface area (Å²) in [6.07, 6.45) is 3.54. The van der Waals surface area contributed by atoms with Crippen LogP contribution in [0.2, 0.25) is 0 Å². The standard InChI is InChI=1S/C10H15N3O/c1-3-13-4-8(12-7-13)9(14)10(2)5-11-6-10/h4,7,11H,3,5-6H2,1-2H3. The highest BCUT2D eigenvalue weighted by Crippen LogP contribution is 2.25. The number of nitrogens with zero attached hydrogens (tertiary/aromatic N) is 2. The van der Waals surface area contributed by atoms with Gasteiger partial charge in [0, 0.05) is 25.8 Å². The average Bonchev–Trinajstić information content (AvgIpc) is 2.61. The summed E-state index contributed by atoms with van der Waals surface area (Å²) in [5.74, 6) is 0.156. The van der Waals surface area contributed by atoms with Crippen molar-refractivity contribution in [2.24, 2.45) is 5.41 Å². The third-order valence-electron chi connectivity index (χ3n) is 2.81. The summed E-state index contributed by atoms with van der Waals surface area (Å²) in [5.41, 5.74) is 0.364. The topological polar surface area (TPSA) is 46.9 Å². The van der Waals surface area contributed by atoms with Gasteiger partial charge in [0.05, 0.1) is 11.7 Å². The normalized spacial score (nSPS) is 19.0. The largest absolute Gasteiger partial charge is 0.337 e. The van der Waals surface area contributed by atoms with Crippen molar-refractivity contribution in [3.8, 4) is 0 Å². The molecule has 1 fully saturated rings. The highest BCUT2D eigenvalue weighted by atomic mass is 16.1. The summed E-state index contributed by atoms with van der Waals surface area (Å²) in [6.45, 7) is 6.41. The number of hydrogen-bond donors (Lipinski definition) is 1. The first-order chi connectivity index (χ1) is 6.65. The van der Waals surface area contributed by atoms with Gasteiger partial charge in [-0.2, -0.15) is 0 Å². The first-order valence-electron chi connectivity index (χ1n) is 4.93. The Kier molecular flexibility index (Phi) is 2.15. The average molecular weight is 193 g/mol. The van der Waals surface area contributed by atoms with Crippen molar-refractivity contribution in [1.29, 1.82) is 0 Å². The van der Waals surface area contributed by atoms with E-state index in [0.29, 0.717) is 5.69 Å². The van der Waals surface area contributed by atoms with Crippen LogP contribution in [0.4, 0.5) is 0 Å². The molecule has 1 aromatic heterocycles. The maximum absolute atomic E-state index is 12.0.